The number of hydrogen-bond donors (Lipinski definition) is 1. The monoisotopic (exact) mass is 403 g/mol. The van der Waals surface area contributed by atoms with Gasteiger partial charge >= 0.3 is 5.97 Å². The third-order valence-electron chi connectivity index (χ3n) is 5.45. The Kier molecular flexibility index (Phi) is 5.50. The molecule has 150 valence electrons. The van der Waals surface area contributed by atoms with Crippen molar-refractivity contribution < 1.29 is 19.1 Å². The highest BCUT2D eigenvalue weighted by molar-refractivity contribution is 8.00. The van der Waals surface area contributed by atoms with Crippen molar-refractivity contribution in [2.75, 3.05) is 26.0 Å². The van der Waals surface area contributed by atoms with Crippen molar-refractivity contribution in [2.45, 2.75) is 37.3 Å². The van der Waals surface area contributed by atoms with Crippen LogP contribution in [0.4, 0.5) is 0 Å². The quantitative estimate of drug-likeness (QED) is 0.591. The Balaban J connectivity index is 1.54. The summed E-state index contributed by atoms with van der Waals surface area (Å²) in [6, 6.07) is 6.82. The Bertz CT molecular complexity index is 789. The molecule has 3 aliphatic heterocycles. The van der Waals surface area contributed by atoms with E-state index in [4.69, 9.17) is 15.2 Å². The van der Waals surface area contributed by atoms with E-state index in [1.54, 1.807) is 23.8 Å². The van der Waals surface area contributed by atoms with Crippen molar-refractivity contribution in [3.63, 3.8) is 0 Å². The number of thioether (sulfide) groups is 1. The van der Waals surface area contributed by atoms with Crippen molar-refractivity contribution in [1.29, 1.82) is 0 Å². The molecule has 2 atom stereocenters. The van der Waals surface area contributed by atoms with Gasteiger partial charge in [-0.1, -0.05) is 12.1 Å². The molecule has 1 aromatic rings. The summed E-state index contributed by atoms with van der Waals surface area (Å²) in [5.74, 6) is 0.761. The summed E-state index contributed by atoms with van der Waals surface area (Å²) in [6.07, 6.45) is 3.39. The number of rotatable bonds is 5. The zero-order valence-electron chi connectivity index (χ0n) is 15.9. The molecule has 0 aliphatic carbocycles. The fourth-order valence-electron chi connectivity index (χ4n) is 3.83. The van der Waals surface area contributed by atoms with Gasteiger partial charge in [0.1, 0.15) is 23.8 Å². The molecule has 2 fully saturated rings. The number of carbonyl (C=O) groups excluding carboxylic acids is 2. The highest BCUT2D eigenvalue weighted by Gasteiger charge is 2.52. The van der Waals surface area contributed by atoms with Crippen LogP contribution in [0, 0.1) is 0 Å². The first-order chi connectivity index (χ1) is 13.6. The number of fused-ring (bicyclic) bond motifs is 1. The van der Waals surface area contributed by atoms with Crippen LogP contribution in [-0.4, -0.2) is 59.0 Å². The SMILES string of the molecule is COc1ccc(COC(=O)C2=C(N3CCCCC3)CS[C@@H]3C(N)C(=O)N23)cc1. The number of benzene rings is 1. The minimum atomic E-state index is -0.544. The number of carbonyl (C=O) groups is 2. The first kappa shape index (κ1) is 19.1. The third kappa shape index (κ3) is 3.46. The molecule has 3 heterocycles. The number of amides is 1. The van der Waals surface area contributed by atoms with Crippen molar-refractivity contribution in [1.82, 2.24) is 9.80 Å². The molecule has 0 radical (unpaired) electrons. The van der Waals surface area contributed by atoms with Gasteiger partial charge in [0.15, 0.2) is 5.70 Å². The molecule has 4 rings (SSSR count). The Labute approximate surface area is 168 Å². The molecule has 8 heteroatoms. The predicted molar refractivity (Wildman–Crippen MR) is 106 cm³/mol. The van der Waals surface area contributed by atoms with E-state index in [1.807, 2.05) is 24.3 Å². The number of β-lactam (4-membered cyclic amide) rings is 1. The zero-order valence-corrected chi connectivity index (χ0v) is 16.7. The smallest absolute Gasteiger partial charge is 0.357 e. The van der Waals surface area contributed by atoms with Gasteiger partial charge in [-0.05, 0) is 37.0 Å². The maximum atomic E-state index is 13.0. The second-order valence-electron chi connectivity index (χ2n) is 7.20. The molecule has 2 saturated heterocycles. The van der Waals surface area contributed by atoms with Crippen molar-refractivity contribution in [3.8, 4) is 5.75 Å². The van der Waals surface area contributed by atoms with E-state index < -0.39 is 12.0 Å². The molecule has 1 amide bonds. The molecule has 1 unspecified atom stereocenters. The Hall–Kier alpha value is -2.19. The van der Waals surface area contributed by atoms with Gasteiger partial charge in [-0.25, -0.2) is 4.79 Å². The van der Waals surface area contributed by atoms with Crippen molar-refractivity contribution in [2.24, 2.45) is 5.73 Å². The summed E-state index contributed by atoms with van der Waals surface area (Å²) in [7, 11) is 1.61. The van der Waals surface area contributed by atoms with Crippen LogP contribution in [0.1, 0.15) is 24.8 Å². The minimum Gasteiger partial charge on any atom is -0.497 e. The van der Waals surface area contributed by atoms with Crippen LogP contribution in [0.2, 0.25) is 0 Å². The molecule has 7 nitrogen and oxygen atoms in total. The van der Waals surface area contributed by atoms with E-state index in [0.29, 0.717) is 11.4 Å². The standard InChI is InChI=1S/C20H25N3O4S/c1-26-14-7-5-13(6-8-14)11-27-20(25)17-15(22-9-3-2-4-10-22)12-28-19-16(21)18(24)23(17)19/h5-8,16,19H,2-4,9-12,21H2,1H3/t16?,19-/m1/s1. The number of ether oxygens (including phenoxy) is 2. The fraction of sp³-hybridized carbons (Fsp3) is 0.500. The zero-order chi connectivity index (χ0) is 19.7. The lowest BCUT2D eigenvalue weighted by molar-refractivity contribution is -0.151. The maximum Gasteiger partial charge on any atom is 0.357 e. The molecular weight excluding hydrogens is 378 g/mol. The lowest BCUT2D eigenvalue weighted by atomic mass is 10.0. The van der Waals surface area contributed by atoms with Crippen molar-refractivity contribution in [3.05, 3.63) is 41.2 Å². The van der Waals surface area contributed by atoms with Gasteiger partial charge in [-0.15, -0.1) is 11.8 Å². The van der Waals surface area contributed by atoms with Crippen LogP contribution in [0.3, 0.4) is 0 Å². The van der Waals surface area contributed by atoms with E-state index in [0.717, 1.165) is 42.9 Å². The Morgan fingerprint density at radius 2 is 1.93 bits per heavy atom. The first-order valence-electron chi connectivity index (χ1n) is 9.58. The van der Waals surface area contributed by atoms with Crippen molar-refractivity contribution >= 4 is 23.6 Å². The van der Waals surface area contributed by atoms with E-state index in [2.05, 4.69) is 4.90 Å². The van der Waals surface area contributed by atoms with Gasteiger partial charge in [0.25, 0.3) is 0 Å². The molecular formula is C20H25N3O4S. The third-order valence-corrected chi connectivity index (χ3v) is 6.74. The van der Waals surface area contributed by atoms with Gasteiger partial charge in [0.2, 0.25) is 5.91 Å². The molecule has 28 heavy (non-hydrogen) atoms. The van der Waals surface area contributed by atoms with Crippen LogP contribution in [0.15, 0.2) is 35.7 Å². The average Bonchev–Trinajstić information content (AvgIpc) is 2.76. The summed E-state index contributed by atoms with van der Waals surface area (Å²) in [4.78, 5) is 29.2. The lowest BCUT2D eigenvalue weighted by Gasteiger charge is -2.49. The average molecular weight is 404 g/mol. The number of nitrogens with zero attached hydrogens (tertiary/aromatic N) is 2. The van der Waals surface area contributed by atoms with E-state index >= 15 is 0 Å². The lowest BCUT2D eigenvalue weighted by Crippen LogP contribution is -2.69. The Morgan fingerprint density at radius 3 is 2.61 bits per heavy atom. The second-order valence-corrected chi connectivity index (χ2v) is 8.31. The molecule has 0 spiro atoms. The molecule has 3 aliphatic rings. The number of methoxy groups -OCH3 is 1. The minimum absolute atomic E-state index is 0.144. The number of esters is 1. The summed E-state index contributed by atoms with van der Waals surface area (Å²) in [6.45, 7) is 1.96. The van der Waals surface area contributed by atoms with Gasteiger partial charge in [-0.3, -0.25) is 9.69 Å². The Morgan fingerprint density at radius 1 is 1.21 bits per heavy atom. The molecule has 0 aromatic heterocycles. The maximum absolute atomic E-state index is 13.0. The first-order valence-corrected chi connectivity index (χ1v) is 10.6. The highest BCUT2D eigenvalue weighted by Crippen LogP contribution is 2.41. The normalized spacial score (nSPS) is 24.6. The molecule has 0 bridgehead atoms. The molecule has 1 aromatic carbocycles. The van der Waals surface area contributed by atoms with Crippen LogP contribution in [0.25, 0.3) is 0 Å². The van der Waals surface area contributed by atoms with Gasteiger partial charge in [-0.2, -0.15) is 0 Å². The summed E-state index contributed by atoms with van der Waals surface area (Å²) in [5.41, 5.74) is 8.09. The van der Waals surface area contributed by atoms with E-state index in [-0.39, 0.29) is 17.9 Å². The summed E-state index contributed by atoms with van der Waals surface area (Å²) in [5, 5.41) is -0.176. The summed E-state index contributed by atoms with van der Waals surface area (Å²) < 4.78 is 10.7. The van der Waals surface area contributed by atoms with Crippen LogP contribution >= 0.6 is 11.8 Å². The topological polar surface area (TPSA) is 85.1 Å². The van der Waals surface area contributed by atoms with Gasteiger partial charge in [0.05, 0.1) is 12.8 Å². The van der Waals surface area contributed by atoms with Crippen LogP contribution in [-0.2, 0) is 20.9 Å². The fourth-order valence-corrected chi connectivity index (χ4v) is 5.16. The van der Waals surface area contributed by atoms with Crippen LogP contribution < -0.4 is 10.5 Å². The van der Waals surface area contributed by atoms with E-state index in [1.165, 1.54) is 6.42 Å². The number of likely N-dealkylation sites (tertiary alicyclic amines) is 1. The summed E-state index contributed by atoms with van der Waals surface area (Å²) >= 11 is 1.63. The largest absolute Gasteiger partial charge is 0.497 e. The molecule has 0 saturated carbocycles. The number of nitrogens with two attached hydrogens (primary N) is 1. The second kappa shape index (κ2) is 8.05. The molecule has 2 N–H and O–H groups in total. The highest BCUT2D eigenvalue weighted by atomic mass is 32.2. The van der Waals surface area contributed by atoms with Gasteiger partial charge < -0.3 is 20.1 Å². The van der Waals surface area contributed by atoms with Crippen LogP contribution in [0.5, 0.6) is 5.75 Å². The number of hydrogen-bond acceptors (Lipinski definition) is 7. The predicted octanol–water partition coefficient (Wildman–Crippen LogP) is 1.68. The van der Waals surface area contributed by atoms with Gasteiger partial charge in [0, 0.05) is 18.8 Å². The van der Waals surface area contributed by atoms with E-state index in [9.17, 15) is 9.59 Å². The number of piperidine rings is 1.